The molecule has 2 rings (SSSR count). The monoisotopic (exact) mass is 246 g/mol. The smallest absolute Gasteiger partial charge is 0.339 e. The second kappa shape index (κ2) is 4.52. The lowest BCUT2D eigenvalue weighted by Gasteiger charge is -2.09. The van der Waals surface area contributed by atoms with E-state index >= 15 is 0 Å². The van der Waals surface area contributed by atoms with Crippen LogP contribution in [0.25, 0.3) is 5.69 Å². The molecule has 5 nitrogen and oxygen atoms in total. The first-order valence-electron chi connectivity index (χ1n) is 5.47. The van der Waals surface area contributed by atoms with Crippen molar-refractivity contribution >= 4 is 5.97 Å². The van der Waals surface area contributed by atoms with Crippen LogP contribution in [0.4, 0.5) is 0 Å². The fraction of sp³-hybridized carbons (Fsp3) is 0.231. The normalized spacial score (nSPS) is 10.4. The molecule has 18 heavy (non-hydrogen) atoms. The summed E-state index contributed by atoms with van der Waals surface area (Å²) in [5.74, 6) is 0.181. The number of carboxylic acid groups (broad SMARTS) is 1. The molecule has 0 aliphatic rings. The van der Waals surface area contributed by atoms with E-state index in [1.807, 2.05) is 24.6 Å². The van der Waals surface area contributed by atoms with Crippen LogP contribution < -0.4 is 4.74 Å². The highest BCUT2D eigenvalue weighted by atomic mass is 16.5. The Morgan fingerprint density at radius 2 is 2.11 bits per heavy atom. The molecule has 0 saturated heterocycles. The number of benzene rings is 1. The quantitative estimate of drug-likeness (QED) is 0.901. The van der Waals surface area contributed by atoms with Gasteiger partial charge in [-0.05, 0) is 26.0 Å². The molecule has 5 heteroatoms. The van der Waals surface area contributed by atoms with Gasteiger partial charge >= 0.3 is 5.97 Å². The number of aromatic carboxylic acids is 1. The van der Waals surface area contributed by atoms with E-state index in [4.69, 9.17) is 9.84 Å². The molecule has 1 aromatic carbocycles. The second-order valence-electron chi connectivity index (χ2n) is 3.99. The van der Waals surface area contributed by atoms with Gasteiger partial charge in [-0.3, -0.25) is 0 Å². The summed E-state index contributed by atoms with van der Waals surface area (Å²) < 4.78 is 6.99. The average molecular weight is 246 g/mol. The van der Waals surface area contributed by atoms with Crippen molar-refractivity contribution < 1.29 is 14.6 Å². The Balaban J connectivity index is 2.54. The Morgan fingerprint density at radius 1 is 1.39 bits per heavy atom. The van der Waals surface area contributed by atoms with Crippen LogP contribution in [0.1, 0.15) is 21.9 Å². The van der Waals surface area contributed by atoms with Crippen LogP contribution in [0.2, 0.25) is 0 Å². The fourth-order valence-electron chi connectivity index (χ4n) is 1.89. The molecule has 0 aliphatic heterocycles. The number of rotatable bonds is 3. The van der Waals surface area contributed by atoms with Crippen LogP contribution >= 0.6 is 0 Å². The number of imidazole rings is 1. The summed E-state index contributed by atoms with van der Waals surface area (Å²) in [6.45, 7) is 3.80. The number of ether oxygens (including phenoxy) is 1. The highest BCUT2D eigenvalue weighted by Crippen LogP contribution is 2.23. The third-order valence-electron chi connectivity index (χ3n) is 2.70. The van der Waals surface area contributed by atoms with Gasteiger partial charge in [0.15, 0.2) is 0 Å². The van der Waals surface area contributed by atoms with Crippen molar-refractivity contribution in [3.63, 3.8) is 0 Å². The molecule has 1 aromatic heterocycles. The van der Waals surface area contributed by atoms with Gasteiger partial charge < -0.3 is 14.4 Å². The first-order valence-corrected chi connectivity index (χ1v) is 5.47. The number of hydrogen-bond acceptors (Lipinski definition) is 3. The predicted octanol–water partition coefficient (Wildman–Crippen LogP) is 2.20. The van der Waals surface area contributed by atoms with Crippen LogP contribution in [0, 0.1) is 13.8 Å². The van der Waals surface area contributed by atoms with Crippen molar-refractivity contribution in [1.82, 2.24) is 9.55 Å². The van der Waals surface area contributed by atoms with Gasteiger partial charge in [-0.1, -0.05) is 0 Å². The standard InChI is InChI=1S/C13H14N2O3/c1-8-7-15(9(2)14-8)10-4-5-11(13(16)17)12(6-10)18-3/h4-7H,1-3H3,(H,16,17). The largest absolute Gasteiger partial charge is 0.496 e. The van der Waals surface area contributed by atoms with Gasteiger partial charge in [0.25, 0.3) is 0 Å². The number of methoxy groups -OCH3 is 1. The minimum atomic E-state index is -1.00. The van der Waals surface area contributed by atoms with E-state index in [0.29, 0.717) is 5.75 Å². The maximum absolute atomic E-state index is 11.0. The third-order valence-corrected chi connectivity index (χ3v) is 2.70. The lowest BCUT2D eigenvalue weighted by molar-refractivity contribution is 0.0693. The first-order chi connectivity index (χ1) is 8.52. The van der Waals surface area contributed by atoms with Crippen molar-refractivity contribution in [2.24, 2.45) is 0 Å². The van der Waals surface area contributed by atoms with Crippen LogP contribution in [0.3, 0.4) is 0 Å². The number of carbonyl (C=O) groups is 1. The highest BCUT2D eigenvalue weighted by molar-refractivity contribution is 5.91. The maximum Gasteiger partial charge on any atom is 0.339 e. The third kappa shape index (κ3) is 2.07. The molecule has 0 unspecified atom stereocenters. The Kier molecular flexibility index (Phi) is 3.06. The fourth-order valence-corrected chi connectivity index (χ4v) is 1.89. The predicted molar refractivity (Wildman–Crippen MR) is 66.5 cm³/mol. The van der Waals surface area contributed by atoms with Gasteiger partial charge in [-0.25, -0.2) is 9.78 Å². The van der Waals surface area contributed by atoms with Gasteiger partial charge in [-0.15, -0.1) is 0 Å². The Labute approximate surface area is 105 Å². The van der Waals surface area contributed by atoms with Crippen molar-refractivity contribution in [3.05, 3.63) is 41.5 Å². The molecule has 0 bridgehead atoms. The Bertz CT molecular complexity index is 602. The zero-order chi connectivity index (χ0) is 13.3. The average Bonchev–Trinajstić information content (AvgIpc) is 2.67. The molecule has 94 valence electrons. The maximum atomic E-state index is 11.0. The van der Waals surface area contributed by atoms with Gasteiger partial charge in [0.2, 0.25) is 0 Å². The Hall–Kier alpha value is -2.30. The molecular weight excluding hydrogens is 232 g/mol. The summed E-state index contributed by atoms with van der Waals surface area (Å²) in [7, 11) is 1.46. The van der Waals surface area contributed by atoms with Crippen LogP contribution in [-0.4, -0.2) is 27.7 Å². The van der Waals surface area contributed by atoms with E-state index in [-0.39, 0.29) is 5.56 Å². The number of hydrogen-bond donors (Lipinski definition) is 1. The number of nitrogens with zero attached hydrogens (tertiary/aromatic N) is 2. The first kappa shape index (κ1) is 12.2. The van der Waals surface area contributed by atoms with Crippen LogP contribution in [0.5, 0.6) is 5.75 Å². The molecule has 0 amide bonds. The number of aryl methyl sites for hydroxylation is 2. The summed E-state index contributed by atoms with van der Waals surface area (Å²) in [5, 5.41) is 9.02. The van der Waals surface area contributed by atoms with Gasteiger partial charge in [-0.2, -0.15) is 0 Å². The molecule has 1 N–H and O–H groups in total. The molecule has 0 saturated carbocycles. The molecule has 0 radical (unpaired) electrons. The minimum Gasteiger partial charge on any atom is -0.496 e. The molecule has 0 aliphatic carbocycles. The highest BCUT2D eigenvalue weighted by Gasteiger charge is 2.12. The lowest BCUT2D eigenvalue weighted by atomic mass is 10.2. The van der Waals surface area contributed by atoms with Crippen molar-refractivity contribution in [3.8, 4) is 11.4 Å². The SMILES string of the molecule is COc1cc(-n2cc(C)nc2C)ccc1C(=O)O. The summed E-state index contributed by atoms with van der Waals surface area (Å²) >= 11 is 0. The molecule has 2 aromatic rings. The molecular formula is C13H14N2O3. The van der Waals surface area contributed by atoms with Gasteiger partial charge in [0, 0.05) is 12.3 Å². The molecule has 0 atom stereocenters. The summed E-state index contributed by atoms with van der Waals surface area (Å²) in [6, 6.07) is 4.96. The molecule has 0 fully saturated rings. The van der Waals surface area contributed by atoms with Crippen LogP contribution in [0.15, 0.2) is 24.4 Å². The van der Waals surface area contributed by atoms with E-state index in [9.17, 15) is 4.79 Å². The molecule has 1 heterocycles. The van der Waals surface area contributed by atoms with E-state index in [0.717, 1.165) is 17.2 Å². The van der Waals surface area contributed by atoms with E-state index < -0.39 is 5.97 Å². The summed E-state index contributed by atoms with van der Waals surface area (Å²) in [6.07, 6.45) is 1.89. The Morgan fingerprint density at radius 3 is 2.61 bits per heavy atom. The van der Waals surface area contributed by atoms with Gasteiger partial charge in [0.05, 0.1) is 18.5 Å². The number of carboxylic acids is 1. The van der Waals surface area contributed by atoms with Crippen molar-refractivity contribution in [2.45, 2.75) is 13.8 Å². The zero-order valence-corrected chi connectivity index (χ0v) is 10.5. The molecule has 0 spiro atoms. The summed E-state index contributed by atoms with van der Waals surface area (Å²) in [4.78, 5) is 15.3. The van der Waals surface area contributed by atoms with E-state index in [1.165, 1.54) is 13.2 Å². The van der Waals surface area contributed by atoms with Crippen molar-refractivity contribution in [2.75, 3.05) is 7.11 Å². The van der Waals surface area contributed by atoms with E-state index in [1.54, 1.807) is 12.1 Å². The van der Waals surface area contributed by atoms with Crippen LogP contribution in [-0.2, 0) is 0 Å². The number of aromatic nitrogens is 2. The lowest BCUT2D eigenvalue weighted by Crippen LogP contribution is -2.03. The minimum absolute atomic E-state index is 0.149. The van der Waals surface area contributed by atoms with E-state index in [2.05, 4.69) is 4.98 Å². The topological polar surface area (TPSA) is 64.4 Å². The van der Waals surface area contributed by atoms with Crippen molar-refractivity contribution in [1.29, 1.82) is 0 Å². The second-order valence-corrected chi connectivity index (χ2v) is 3.99. The zero-order valence-electron chi connectivity index (χ0n) is 10.5. The summed E-state index contributed by atoms with van der Waals surface area (Å²) in [5.41, 5.74) is 1.89. The van der Waals surface area contributed by atoms with Gasteiger partial charge in [0.1, 0.15) is 17.1 Å².